The lowest BCUT2D eigenvalue weighted by atomic mass is 10.0. The zero-order valence-corrected chi connectivity index (χ0v) is 14.4. The smallest absolute Gasteiger partial charge is 0.337 e. The predicted octanol–water partition coefficient (Wildman–Crippen LogP) is 5.42. The van der Waals surface area contributed by atoms with E-state index in [1.807, 2.05) is 0 Å². The number of anilines is 1. The molecule has 0 heterocycles. The number of carbonyl (C=O) groups excluding carboxylic acids is 1. The summed E-state index contributed by atoms with van der Waals surface area (Å²) in [7, 11) is 1.24. The van der Waals surface area contributed by atoms with Gasteiger partial charge in [0.1, 0.15) is 11.5 Å². The van der Waals surface area contributed by atoms with Crippen molar-refractivity contribution in [2.24, 2.45) is 11.0 Å². The van der Waals surface area contributed by atoms with Crippen LogP contribution in [0, 0.1) is 17.3 Å². The molecule has 2 aromatic carbocycles. The van der Waals surface area contributed by atoms with Crippen molar-refractivity contribution >= 4 is 28.9 Å². The molecule has 2 N–H and O–H groups in total. The summed E-state index contributed by atoms with van der Waals surface area (Å²) in [5.41, 5.74) is 9.10. The SMILES string of the molecule is COC(=O)c1ccc(-c2ccc(NCC3CC3)c(N=N)c2Cl)c(F)c1. The number of nitrogens with zero attached hydrogens (tertiary/aromatic N) is 1. The molecule has 3 rings (SSSR count). The van der Waals surface area contributed by atoms with Crippen molar-refractivity contribution in [3.63, 3.8) is 0 Å². The van der Waals surface area contributed by atoms with Crippen LogP contribution < -0.4 is 5.32 Å². The molecule has 1 aliphatic rings. The molecule has 0 atom stereocenters. The van der Waals surface area contributed by atoms with Gasteiger partial charge in [0.15, 0.2) is 0 Å². The third kappa shape index (κ3) is 3.64. The molecule has 130 valence electrons. The van der Waals surface area contributed by atoms with Crippen LogP contribution in [0.1, 0.15) is 23.2 Å². The molecule has 5 nitrogen and oxygen atoms in total. The molecule has 7 heteroatoms. The van der Waals surface area contributed by atoms with Gasteiger partial charge in [-0.05, 0) is 37.0 Å². The Labute approximate surface area is 149 Å². The summed E-state index contributed by atoms with van der Waals surface area (Å²) in [4.78, 5) is 11.5. The predicted molar refractivity (Wildman–Crippen MR) is 94.2 cm³/mol. The first-order valence-electron chi connectivity index (χ1n) is 7.87. The number of rotatable bonds is 6. The fourth-order valence-corrected chi connectivity index (χ4v) is 2.89. The van der Waals surface area contributed by atoms with Crippen molar-refractivity contribution in [1.82, 2.24) is 0 Å². The highest BCUT2D eigenvalue weighted by atomic mass is 35.5. The van der Waals surface area contributed by atoms with Crippen molar-refractivity contribution in [3.05, 3.63) is 46.7 Å². The molecule has 0 radical (unpaired) electrons. The van der Waals surface area contributed by atoms with Gasteiger partial charge >= 0.3 is 5.97 Å². The number of hydrogen-bond acceptors (Lipinski definition) is 5. The van der Waals surface area contributed by atoms with Crippen molar-refractivity contribution in [3.8, 4) is 11.1 Å². The van der Waals surface area contributed by atoms with Crippen LogP contribution in [0.25, 0.3) is 11.1 Å². The number of halogens is 2. The summed E-state index contributed by atoms with van der Waals surface area (Å²) >= 11 is 6.37. The number of hydrogen-bond donors (Lipinski definition) is 2. The fraction of sp³-hybridized carbons (Fsp3) is 0.278. The Morgan fingerprint density at radius 2 is 2.08 bits per heavy atom. The Balaban J connectivity index is 1.96. The van der Waals surface area contributed by atoms with E-state index in [1.165, 1.54) is 32.1 Å². The van der Waals surface area contributed by atoms with E-state index in [0.29, 0.717) is 17.2 Å². The maximum absolute atomic E-state index is 14.5. The van der Waals surface area contributed by atoms with Gasteiger partial charge in [0.25, 0.3) is 0 Å². The number of ether oxygens (including phenoxy) is 1. The van der Waals surface area contributed by atoms with Crippen LogP contribution in [-0.2, 0) is 4.74 Å². The van der Waals surface area contributed by atoms with Gasteiger partial charge in [-0.15, -0.1) is 0 Å². The van der Waals surface area contributed by atoms with Crippen molar-refractivity contribution in [2.45, 2.75) is 12.8 Å². The zero-order valence-electron chi connectivity index (χ0n) is 13.6. The average molecular weight is 362 g/mol. The fourth-order valence-electron chi connectivity index (χ4n) is 2.58. The van der Waals surface area contributed by atoms with E-state index >= 15 is 0 Å². The van der Waals surface area contributed by atoms with E-state index in [-0.39, 0.29) is 21.8 Å². The Bertz CT molecular complexity index is 837. The topological polar surface area (TPSA) is 74.5 Å². The summed E-state index contributed by atoms with van der Waals surface area (Å²) in [6.45, 7) is 0.806. The van der Waals surface area contributed by atoms with E-state index < -0.39 is 11.8 Å². The van der Waals surface area contributed by atoms with E-state index in [1.54, 1.807) is 12.1 Å². The molecule has 0 aliphatic heterocycles. The average Bonchev–Trinajstić information content (AvgIpc) is 3.44. The molecule has 0 unspecified atom stereocenters. The summed E-state index contributed by atoms with van der Waals surface area (Å²) in [6, 6.07) is 7.46. The highest BCUT2D eigenvalue weighted by Gasteiger charge is 2.22. The number of carbonyl (C=O) groups is 1. The summed E-state index contributed by atoms with van der Waals surface area (Å²) in [6.07, 6.45) is 2.40. The Kier molecular flexibility index (Phi) is 4.99. The first-order valence-corrected chi connectivity index (χ1v) is 8.25. The van der Waals surface area contributed by atoms with Gasteiger partial charge in [0.2, 0.25) is 0 Å². The molecule has 0 amide bonds. The zero-order chi connectivity index (χ0) is 18.0. The monoisotopic (exact) mass is 361 g/mol. The molecule has 1 fully saturated rings. The number of benzene rings is 2. The summed E-state index contributed by atoms with van der Waals surface area (Å²) < 4.78 is 19.0. The Morgan fingerprint density at radius 1 is 1.36 bits per heavy atom. The molecule has 0 aromatic heterocycles. The van der Waals surface area contributed by atoms with Crippen LogP contribution in [0.15, 0.2) is 35.4 Å². The molecule has 2 aromatic rings. The lowest BCUT2D eigenvalue weighted by Crippen LogP contribution is -2.04. The van der Waals surface area contributed by atoms with Crippen molar-refractivity contribution < 1.29 is 13.9 Å². The lowest BCUT2D eigenvalue weighted by molar-refractivity contribution is 0.0600. The van der Waals surface area contributed by atoms with Crippen LogP contribution in [0.3, 0.4) is 0 Å². The van der Waals surface area contributed by atoms with Gasteiger partial charge in [0.05, 0.1) is 23.4 Å². The second kappa shape index (κ2) is 7.19. The van der Waals surface area contributed by atoms with E-state index in [4.69, 9.17) is 17.1 Å². The van der Waals surface area contributed by atoms with Crippen LogP contribution in [-0.4, -0.2) is 19.6 Å². The minimum Gasteiger partial charge on any atom is -0.465 e. The first-order chi connectivity index (χ1) is 12.0. The quantitative estimate of drug-likeness (QED) is 0.533. The molecule has 1 saturated carbocycles. The van der Waals surface area contributed by atoms with Crippen molar-refractivity contribution in [1.29, 1.82) is 5.53 Å². The molecule has 0 spiro atoms. The molecule has 25 heavy (non-hydrogen) atoms. The number of methoxy groups -OCH3 is 1. The minimum atomic E-state index is -0.613. The van der Waals surface area contributed by atoms with Gasteiger partial charge in [-0.1, -0.05) is 23.7 Å². The van der Waals surface area contributed by atoms with Gasteiger partial charge < -0.3 is 10.1 Å². The van der Waals surface area contributed by atoms with Crippen LogP contribution in [0.5, 0.6) is 0 Å². The van der Waals surface area contributed by atoms with Crippen molar-refractivity contribution in [2.75, 3.05) is 19.0 Å². The maximum atomic E-state index is 14.5. The molecular formula is C18H17ClFN3O2. The Hall–Kier alpha value is -2.47. The van der Waals surface area contributed by atoms with Gasteiger partial charge in [-0.2, -0.15) is 5.11 Å². The first kappa shape index (κ1) is 17.4. The van der Waals surface area contributed by atoms with E-state index in [2.05, 4.69) is 15.2 Å². The minimum absolute atomic E-state index is 0.119. The molecule has 0 bridgehead atoms. The van der Waals surface area contributed by atoms with Crippen LogP contribution >= 0.6 is 11.6 Å². The standard InChI is InChI=1S/C18H17ClFN3O2/c1-25-18(24)11-4-5-12(14(20)8-11)13-6-7-15(17(23-21)16(13)19)22-9-10-2-3-10/h4-8,10,21-22H,2-3,9H2,1H3. The normalized spacial score (nSPS) is 13.4. The third-order valence-corrected chi connectivity index (χ3v) is 4.57. The second-order valence-electron chi connectivity index (χ2n) is 5.95. The number of nitrogens with one attached hydrogen (secondary N) is 2. The third-order valence-electron chi connectivity index (χ3n) is 4.19. The van der Waals surface area contributed by atoms with Gasteiger partial charge in [0, 0.05) is 17.7 Å². The Morgan fingerprint density at radius 3 is 2.68 bits per heavy atom. The largest absolute Gasteiger partial charge is 0.465 e. The molecule has 0 saturated heterocycles. The highest BCUT2D eigenvalue weighted by Crippen LogP contribution is 2.42. The molecule has 1 aliphatic carbocycles. The number of esters is 1. The second-order valence-corrected chi connectivity index (χ2v) is 6.32. The summed E-state index contributed by atoms with van der Waals surface area (Å²) in [5, 5.41) is 6.94. The van der Waals surface area contributed by atoms with Gasteiger partial charge in [-0.3, -0.25) is 0 Å². The summed E-state index contributed by atoms with van der Waals surface area (Å²) in [5.74, 6) is -0.558. The van der Waals surface area contributed by atoms with Crippen LogP contribution in [0.4, 0.5) is 15.8 Å². The molecular weight excluding hydrogens is 345 g/mol. The van der Waals surface area contributed by atoms with Gasteiger partial charge in [-0.25, -0.2) is 14.7 Å². The van der Waals surface area contributed by atoms with Crippen LogP contribution in [0.2, 0.25) is 5.02 Å². The highest BCUT2D eigenvalue weighted by molar-refractivity contribution is 6.36. The maximum Gasteiger partial charge on any atom is 0.337 e. The lowest BCUT2D eigenvalue weighted by Gasteiger charge is -2.13. The van der Waals surface area contributed by atoms with E-state index in [9.17, 15) is 9.18 Å². The van der Waals surface area contributed by atoms with E-state index in [0.717, 1.165) is 12.6 Å².